The van der Waals surface area contributed by atoms with Gasteiger partial charge in [0.1, 0.15) is 0 Å². The molecule has 4 heteroatoms. The Bertz CT molecular complexity index is 601. The van der Waals surface area contributed by atoms with Crippen LogP contribution in [0.25, 0.3) is 0 Å². The Morgan fingerprint density at radius 1 is 1.05 bits per heavy atom. The third kappa shape index (κ3) is 4.59. The zero-order valence-electron chi connectivity index (χ0n) is 12.1. The fourth-order valence-electron chi connectivity index (χ4n) is 2.09. The molecule has 2 aromatic carbocycles. The molecule has 3 nitrogen and oxygen atoms in total. The van der Waals surface area contributed by atoms with Crippen molar-refractivity contribution in [2.45, 2.75) is 25.9 Å². The highest BCUT2D eigenvalue weighted by Crippen LogP contribution is 2.18. The summed E-state index contributed by atoms with van der Waals surface area (Å²) >= 11 is 5.99. The van der Waals surface area contributed by atoms with E-state index < -0.39 is 0 Å². The van der Waals surface area contributed by atoms with Gasteiger partial charge in [0.2, 0.25) is 5.91 Å². The van der Waals surface area contributed by atoms with Crippen molar-refractivity contribution < 1.29 is 4.79 Å². The molecular weight excluding hydrogens is 284 g/mol. The second kappa shape index (κ2) is 7.25. The first-order valence-electron chi connectivity index (χ1n) is 6.93. The van der Waals surface area contributed by atoms with Crippen molar-refractivity contribution >= 4 is 23.2 Å². The number of para-hydroxylation sites is 1. The minimum atomic E-state index is -0.306. The summed E-state index contributed by atoms with van der Waals surface area (Å²) in [7, 11) is 0. The molecule has 2 aromatic rings. The van der Waals surface area contributed by atoms with Crippen LogP contribution in [0, 0.1) is 0 Å². The number of nitrogens with one attached hydrogen (secondary N) is 2. The standard InChI is InChI=1S/C17H19ClN2O/c1-12(14-7-6-8-15(18)11-14)19-13(2)17(21)20-16-9-4-3-5-10-16/h3-13,19H,1-2H3,(H,20,21)/t12-,13?/m1/s1. The lowest BCUT2D eigenvalue weighted by Crippen LogP contribution is -2.39. The Hall–Kier alpha value is -1.84. The Kier molecular flexibility index (Phi) is 5.37. The topological polar surface area (TPSA) is 41.1 Å². The van der Waals surface area contributed by atoms with Crippen molar-refractivity contribution in [3.05, 3.63) is 65.2 Å². The van der Waals surface area contributed by atoms with Gasteiger partial charge in [-0.05, 0) is 43.7 Å². The summed E-state index contributed by atoms with van der Waals surface area (Å²) in [5.74, 6) is -0.0601. The molecule has 2 N–H and O–H groups in total. The molecule has 2 rings (SSSR count). The third-order valence-corrected chi connectivity index (χ3v) is 3.52. The van der Waals surface area contributed by atoms with Gasteiger partial charge in [0.15, 0.2) is 0 Å². The van der Waals surface area contributed by atoms with Crippen LogP contribution in [0.15, 0.2) is 54.6 Å². The van der Waals surface area contributed by atoms with Crippen molar-refractivity contribution in [3.8, 4) is 0 Å². The first-order chi connectivity index (χ1) is 10.1. The maximum absolute atomic E-state index is 12.1. The fourth-order valence-corrected chi connectivity index (χ4v) is 2.29. The minimum Gasteiger partial charge on any atom is -0.325 e. The average molecular weight is 303 g/mol. The van der Waals surface area contributed by atoms with Crippen molar-refractivity contribution in [2.75, 3.05) is 5.32 Å². The van der Waals surface area contributed by atoms with E-state index in [1.165, 1.54) is 0 Å². The van der Waals surface area contributed by atoms with Gasteiger partial charge in [0.05, 0.1) is 6.04 Å². The van der Waals surface area contributed by atoms with Gasteiger partial charge < -0.3 is 5.32 Å². The van der Waals surface area contributed by atoms with Gasteiger partial charge >= 0.3 is 0 Å². The second-order valence-electron chi connectivity index (χ2n) is 5.02. The molecule has 21 heavy (non-hydrogen) atoms. The zero-order chi connectivity index (χ0) is 15.2. The summed E-state index contributed by atoms with van der Waals surface area (Å²) in [4.78, 5) is 12.1. The van der Waals surface area contributed by atoms with Gasteiger partial charge in [0, 0.05) is 16.8 Å². The van der Waals surface area contributed by atoms with E-state index in [1.807, 2.05) is 68.4 Å². The van der Waals surface area contributed by atoms with Gasteiger partial charge in [-0.2, -0.15) is 0 Å². The first kappa shape index (κ1) is 15.5. The molecule has 110 valence electrons. The van der Waals surface area contributed by atoms with Crippen LogP contribution in [0.3, 0.4) is 0 Å². The SMILES string of the molecule is CC(N[C@H](C)c1cccc(Cl)c1)C(=O)Nc1ccccc1. The van der Waals surface area contributed by atoms with Crippen LogP contribution in [0.4, 0.5) is 5.69 Å². The molecule has 0 aliphatic heterocycles. The van der Waals surface area contributed by atoms with Crippen molar-refractivity contribution in [2.24, 2.45) is 0 Å². The molecule has 1 unspecified atom stereocenters. The lowest BCUT2D eigenvalue weighted by Gasteiger charge is -2.20. The Labute approximate surface area is 130 Å². The van der Waals surface area contributed by atoms with Gasteiger partial charge in [-0.3, -0.25) is 10.1 Å². The predicted octanol–water partition coefficient (Wildman–Crippen LogP) is 4.02. The van der Waals surface area contributed by atoms with Gasteiger partial charge in [0.25, 0.3) is 0 Å². The molecule has 2 atom stereocenters. The number of carbonyl (C=O) groups is 1. The van der Waals surface area contributed by atoms with Gasteiger partial charge in [-0.25, -0.2) is 0 Å². The van der Waals surface area contributed by atoms with Crippen molar-refractivity contribution in [1.29, 1.82) is 0 Å². The van der Waals surface area contributed by atoms with Crippen LogP contribution in [0.5, 0.6) is 0 Å². The highest BCUT2D eigenvalue weighted by molar-refractivity contribution is 6.30. The molecule has 0 saturated heterocycles. The summed E-state index contributed by atoms with van der Waals surface area (Å²) < 4.78 is 0. The van der Waals surface area contributed by atoms with E-state index in [4.69, 9.17) is 11.6 Å². The van der Waals surface area contributed by atoms with Gasteiger partial charge in [-0.1, -0.05) is 41.9 Å². The van der Waals surface area contributed by atoms with Crippen LogP contribution in [0.1, 0.15) is 25.5 Å². The molecule has 0 fully saturated rings. The van der Waals surface area contributed by atoms with E-state index >= 15 is 0 Å². The maximum atomic E-state index is 12.1. The summed E-state index contributed by atoms with van der Waals surface area (Å²) in [6, 6.07) is 16.8. The van der Waals surface area contributed by atoms with Crippen LogP contribution < -0.4 is 10.6 Å². The number of benzene rings is 2. The molecule has 0 radical (unpaired) electrons. The lowest BCUT2D eigenvalue weighted by atomic mass is 10.1. The van der Waals surface area contributed by atoms with Crippen molar-refractivity contribution in [1.82, 2.24) is 5.32 Å². The summed E-state index contributed by atoms with van der Waals surface area (Å²) in [5.41, 5.74) is 1.86. The number of hydrogen-bond acceptors (Lipinski definition) is 2. The van der Waals surface area contributed by atoms with E-state index in [-0.39, 0.29) is 18.0 Å². The quantitative estimate of drug-likeness (QED) is 0.876. The number of anilines is 1. The molecular formula is C17H19ClN2O. The highest BCUT2D eigenvalue weighted by atomic mass is 35.5. The Morgan fingerprint density at radius 3 is 2.43 bits per heavy atom. The minimum absolute atomic E-state index is 0.0419. The van der Waals surface area contributed by atoms with E-state index in [1.54, 1.807) is 0 Å². The van der Waals surface area contributed by atoms with Crippen molar-refractivity contribution in [3.63, 3.8) is 0 Å². The van der Waals surface area contributed by atoms with E-state index in [0.29, 0.717) is 5.02 Å². The lowest BCUT2D eigenvalue weighted by molar-refractivity contribution is -0.117. The Balaban J connectivity index is 1.94. The molecule has 0 aliphatic carbocycles. The molecule has 0 spiro atoms. The summed E-state index contributed by atoms with van der Waals surface area (Å²) in [6.45, 7) is 3.86. The number of halogens is 1. The van der Waals surface area contributed by atoms with Gasteiger partial charge in [-0.15, -0.1) is 0 Å². The third-order valence-electron chi connectivity index (χ3n) is 3.28. The van der Waals surface area contributed by atoms with Crippen LogP contribution in [-0.2, 0) is 4.79 Å². The summed E-state index contributed by atoms with van der Waals surface area (Å²) in [6.07, 6.45) is 0. The van der Waals surface area contributed by atoms with Crippen LogP contribution in [-0.4, -0.2) is 11.9 Å². The van der Waals surface area contributed by atoms with Crippen LogP contribution >= 0.6 is 11.6 Å². The Morgan fingerprint density at radius 2 is 1.76 bits per heavy atom. The summed E-state index contributed by atoms with van der Waals surface area (Å²) in [5, 5.41) is 6.85. The number of amides is 1. The number of rotatable bonds is 5. The second-order valence-corrected chi connectivity index (χ2v) is 5.46. The van der Waals surface area contributed by atoms with E-state index in [9.17, 15) is 4.79 Å². The first-order valence-corrected chi connectivity index (χ1v) is 7.31. The molecule has 0 heterocycles. The highest BCUT2D eigenvalue weighted by Gasteiger charge is 2.16. The van der Waals surface area contributed by atoms with E-state index in [0.717, 1.165) is 11.3 Å². The average Bonchev–Trinajstić information content (AvgIpc) is 2.48. The molecule has 1 amide bonds. The molecule has 0 bridgehead atoms. The predicted molar refractivity (Wildman–Crippen MR) is 87.5 cm³/mol. The molecule has 0 aromatic heterocycles. The maximum Gasteiger partial charge on any atom is 0.241 e. The van der Waals surface area contributed by atoms with Crippen LogP contribution in [0.2, 0.25) is 5.02 Å². The number of carbonyl (C=O) groups excluding carboxylic acids is 1. The van der Waals surface area contributed by atoms with E-state index in [2.05, 4.69) is 10.6 Å². The fraction of sp³-hybridized carbons (Fsp3) is 0.235. The zero-order valence-corrected chi connectivity index (χ0v) is 12.9. The normalized spacial score (nSPS) is 13.5. The monoisotopic (exact) mass is 302 g/mol. The number of hydrogen-bond donors (Lipinski definition) is 2. The largest absolute Gasteiger partial charge is 0.325 e. The smallest absolute Gasteiger partial charge is 0.241 e. The molecule has 0 aliphatic rings. The molecule has 0 saturated carbocycles.